The van der Waals surface area contributed by atoms with Crippen LogP contribution in [0.25, 0.3) is 10.2 Å². The number of likely N-dealkylation sites (tertiary alicyclic amines) is 1. The molecule has 5 amide bonds. The van der Waals surface area contributed by atoms with Crippen molar-refractivity contribution in [1.82, 2.24) is 25.1 Å². The highest BCUT2D eigenvalue weighted by Gasteiger charge is 2.52. The summed E-state index contributed by atoms with van der Waals surface area (Å²) in [7, 11) is 0. The molecule has 5 heterocycles. The van der Waals surface area contributed by atoms with Crippen LogP contribution < -0.4 is 10.6 Å². The average Bonchev–Trinajstić information content (AvgIpc) is 3.73. The number of hydrogen-bond donors (Lipinski definition) is 3. The van der Waals surface area contributed by atoms with Crippen molar-refractivity contribution in [3.05, 3.63) is 87.2 Å². The summed E-state index contributed by atoms with van der Waals surface area (Å²) in [5.41, 5.74) is 1.71. The maximum Gasteiger partial charge on any atom is 0.287 e. The highest BCUT2D eigenvalue weighted by Crippen LogP contribution is 2.54. The van der Waals surface area contributed by atoms with Crippen molar-refractivity contribution in [3.63, 3.8) is 0 Å². The Hall–Kier alpha value is -4.99. The van der Waals surface area contributed by atoms with Gasteiger partial charge in [-0.05, 0) is 125 Å². The summed E-state index contributed by atoms with van der Waals surface area (Å²) < 4.78 is 28.7. The van der Waals surface area contributed by atoms with Gasteiger partial charge in [-0.2, -0.15) is 8.78 Å². The predicted molar refractivity (Wildman–Crippen MR) is 229 cm³/mol. The topological polar surface area (TPSA) is 162 Å². The van der Waals surface area contributed by atoms with Gasteiger partial charge in [0.05, 0.1) is 32.0 Å². The van der Waals surface area contributed by atoms with Crippen LogP contribution in [0.1, 0.15) is 144 Å². The molecule has 3 aliphatic heterocycles. The molecule has 326 valence electrons. The van der Waals surface area contributed by atoms with Crippen molar-refractivity contribution in [2.75, 3.05) is 25.0 Å². The largest absolute Gasteiger partial charge is 0.386 e. The summed E-state index contributed by atoms with van der Waals surface area (Å²) in [6, 6.07) is 12.0. The van der Waals surface area contributed by atoms with Crippen LogP contribution in [-0.2, 0) is 27.5 Å². The van der Waals surface area contributed by atoms with Gasteiger partial charge in [-0.15, -0.1) is 11.3 Å². The Balaban J connectivity index is 0.735. The fourth-order valence-electron chi connectivity index (χ4n) is 10.8. The first-order chi connectivity index (χ1) is 29.4. The second-order valence-corrected chi connectivity index (χ2v) is 20.1. The third-order valence-corrected chi connectivity index (χ3v) is 15.0. The van der Waals surface area contributed by atoms with E-state index >= 15 is 0 Å². The number of nitrogens with zero attached hydrogens (tertiary/aromatic N) is 4. The number of hydrogen-bond acceptors (Lipinski definition) is 10. The number of rotatable bonds is 12. The van der Waals surface area contributed by atoms with E-state index in [1.165, 1.54) is 31.0 Å². The molecule has 2 aromatic heterocycles. The Morgan fingerprint density at radius 1 is 0.952 bits per heavy atom. The molecule has 12 nitrogen and oxygen atoms in total. The van der Waals surface area contributed by atoms with Gasteiger partial charge >= 0.3 is 0 Å². The van der Waals surface area contributed by atoms with Crippen LogP contribution in [0.3, 0.4) is 0 Å². The van der Waals surface area contributed by atoms with Crippen molar-refractivity contribution in [2.45, 2.75) is 115 Å². The Bertz CT molecular complexity index is 2470. The van der Waals surface area contributed by atoms with Crippen LogP contribution in [0.4, 0.5) is 14.5 Å². The van der Waals surface area contributed by atoms with Crippen molar-refractivity contribution in [1.29, 1.82) is 0 Å². The lowest BCUT2D eigenvalue weighted by molar-refractivity contribution is -0.136. The Kier molecular flexibility index (Phi) is 10.9. The lowest BCUT2D eigenvalue weighted by Gasteiger charge is -2.60. The van der Waals surface area contributed by atoms with Gasteiger partial charge in [-0.1, -0.05) is 24.6 Å². The molecule has 4 fully saturated rings. The van der Waals surface area contributed by atoms with Gasteiger partial charge in [0.25, 0.3) is 23.6 Å². The molecule has 15 heteroatoms. The first-order valence-corrected chi connectivity index (χ1v) is 22.7. The van der Waals surface area contributed by atoms with Gasteiger partial charge in [-0.3, -0.25) is 34.2 Å². The van der Waals surface area contributed by atoms with Crippen molar-refractivity contribution >= 4 is 56.8 Å². The van der Waals surface area contributed by atoms with Crippen LogP contribution in [0, 0.1) is 17.3 Å². The Morgan fingerprint density at radius 3 is 2.40 bits per heavy atom. The molecule has 2 saturated heterocycles. The number of imide groups is 2. The maximum atomic E-state index is 13.9. The fourth-order valence-corrected chi connectivity index (χ4v) is 11.9. The average molecular weight is 867 g/mol. The zero-order valence-electron chi connectivity index (χ0n) is 35.3. The monoisotopic (exact) mass is 866 g/mol. The molecule has 3 N–H and O–H groups in total. The minimum absolute atomic E-state index is 0.0975. The highest BCUT2D eigenvalue weighted by atomic mass is 32.1. The number of aryl methyl sites for hydroxylation is 1. The van der Waals surface area contributed by atoms with E-state index in [9.17, 15) is 37.9 Å². The predicted octanol–water partition coefficient (Wildman–Crippen LogP) is 7.69. The van der Waals surface area contributed by atoms with Crippen LogP contribution in [0.15, 0.2) is 48.5 Å². The summed E-state index contributed by atoms with van der Waals surface area (Å²) in [5.74, 6) is -4.07. The quantitative estimate of drug-likeness (QED) is 0.121. The first kappa shape index (κ1) is 42.3. The zero-order chi connectivity index (χ0) is 43.7. The molecule has 2 aliphatic carbocycles. The number of alkyl halides is 2. The van der Waals surface area contributed by atoms with Gasteiger partial charge in [0.2, 0.25) is 11.8 Å². The zero-order valence-corrected chi connectivity index (χ0v) is 36.1. The molecule has 2 aromatic carbocycles. The number of aliphatic hydroxyl groups is 1. The van der Waals surface area contributed by atoms with E-state index in [-0.39, 0.29) is 24.4 Å². The number of aromatic nitrogens is 2. The molecule has 4 aromatic rings. The van der Waals surface area contributed by atoms with E-state index in [1.807, 2.05) is 18.2 Å². The number of piperidine rings is 1. The molecule has 0 bridgehead atoms. The standard InChI is InChI=1S/C47H52F2N6O6S/c1-45(2,61)31-19-34-36(20-33(31)51-40(57)32-11-6-12-37(50-32)46(3,48)49)62-42(52-34)29-15-13-26(14-16-29)23-54-24-47(25-54)21-27(22-47)7-4-8-28-9-5-10-30-39(28)44(60)55(43(30)59)35-17-18-38(56)53-41(35)58/h5-6,9-12,19-20,26-27,29,35,61H,4,7-8,13-18,21-25H2,1-3H3,(H,51,57)(H,53,56,58)/t26?,29?,35-/m1/s1. The minimum Gasteiger partial charge on any atom is -0.386 e. The SMILES string of the molecule is CC(C)(O)c1cc2nc(C3CCC(CN4CC5(CC(CCCc6cccc7c6C(=O)N([C@@H]6CCC(=O)NC6=O)C7=O)C5)C4)CC3)sc2cc1NC(=O)c1cccc(C(C)(F)F)n1. The molecular weight excluding hydrogens is 815 g/mol. The van der Waals surface area contributed by atoms with Gasteiger partial charge in [0.15, 0.2) is 0 Å². The number of benzene rings is 2. The van der Waals surface area contributed by atoms with Crippen LogP contribution in [0.2, 0.25) is 0 Å². The molecule has 2 saturated carbocycles. The number of nitrogens with one attached hydrogen (secondary N) is 2. The molecule has 0 unspecified atom stereocenters. The number of amides is 5. The second-order valence-electron chi connectivity index (χ2n) is 19.1. The first-order valence-electron chi connectivity index (χ1n) is 21.8. The normalized spacial score (nSPS) is 23.1. The molecular formula is C47H52F2N6O6S. The fraction of sp³-hybridized carbons (Fsp3) is 0.511. The lowest BCUT2D eigenvalue weighted by atomic mass is 9.56. The number of thiazole rings is 1. The summed E-state index contributed by atoms with van der Waals surface area (Å²) in [5, 5.41) is 17.2. The molecule has 9 rings (SSSR count). The van der Waals surface area contributed by atoms with Crippen LogP contribution in [-0.4, -0.2) is 80.1 Å². The van der Waals surface area contributed by atoms with Crippen LogP contribution >= 0.6 is 11.3 Å². The third-order valence-electron chi connectivity index (χ3n) is 13.8. The van der Waals surface area contributed by atoms with Crippen molar-refractivity contribution < 1.29 is 37.9 Å². The van der Waals surface area contributed by atoms with Crippen molar-refractivity contribution in [3.8, 4) is 0 Å². The van der Waals surface area contributed by atoms with E-state index in [2.05, 4.69) is 20.5 Å². The molecule has 1 atom stereocenters. The molecule has 0 radical (unpaired) electrons. The van der Waals surface area contributed by atoms with E-state index in [1.54, 1.807) is 37.3 Å². The number of fused-ring (bicyclic) bond motifs is 2. The summed E-state index contributed by atoms with van der Waals surface area (Å²) in [4.78, 5) is 76.6. The van der Waals surface area contributed by atoms with E-state index in [0.29, 0.717) is 52.0 Å². The molecule has 1 spiro atoms. The minimum atomic E-state index is -3.19. The third kappa shape index (κ3) is 8.19. The number of pyridine rings is 1. The Labute approximate surface area is 362 Å². The number of anilines is 1. The van der Waals surface area contributed by atoms with Gasteiger partial charge in [-0.25, -0.2) is 9.97 Å². The van der Waals surface area contributed by atoms with E-state index in [4.69, 9.17) is 4.98 Å². The smallest absolute Gasteiger partial charge is 0.287 e. The number of halogens is 2. The highest BCUT2D eigenvalue weighted by molar-refractivity contribution is 7.18. The Morgan fingerprint density at radius 2 is 1.69 bits per heavy atom. The molecule has 62 heavy (non-hydrogen) atoms. The van der Waals surface area contributed by atoms with Crippen LogP contribution in [0.5, 0.6) is 0 Å². The van der Waals surface area contributed by atoms with E-state index in [0.717, 1.165) is 90.8 Å². The van der Waals surface area contributed by atoms with Gasteiger partial charge in [0.1, 0.15) is 17.4 Å². The molecule has 5 aliphatic rings. The van der Waals surface area contributed by atoms with Crippen molar-refractivity contribution in [2.24, 2.45) is 17.3 Å². The second kappa shape index (κ2) is 16.0. The number of carbonyl (C=O) groups is 5. The maximum absolute atomic E-state index is 13.9. The van der Waals surface area contributed by atoms with Gasteiger partial charge < -0.3 is 15.3 Å². The lowest BCUT2D eigenvalue weighted by Crippen LogP contribution is -2.62. The summed E-state index contributed by atoms with van der Waals surface area (Å²) in [6.07, 6.45) is 9.76. The van der Waals surface area contributed by atoms with Gasteiger partial charge in [0, 0.05) is 50.1 Å². The summed E-state index contributed by atoms with van der Waals surface area (Å²) >= 11 is 1.60. The van der Waals surface area contributed by atoms with E-state index < -0.39 is 46.9 Å². The summed E-state index contributed by atoms with van der Waals surface area (Å²) in [6.45, 7) is 7.42. The number of carbonyl (C=O) groups excluding carboxylic acids is 5.